The van der Waals surface area contributed by atoms with Crippen molar-refractivity contribution >= 4 is 5.97 Å². The van der Waals surface area contributed by atoms with Crippen LogP contribution in [0.1, 0.15) is 16.8 Å². The van der Waals surface area contributed by atoms with Crippen LogP contribution in [0.3, 0.4) is 0 Å². The van der Waals surface area contributed by atoms with Crippen LogP contribution in [-0.2, 0) is 4.74 Å². The third kappa shape index (κ3) is 2.20. The Bertz CT molecular complexity index is 486. The van der Waals surface area contributed by atoms with Crippen LogP contribution in [0.25, 0.3) is 0 Å². The zero-order chi connectivity index (χ0) is 13.1. The van der Waals surface area contributed by atoms with Crippen LogP contribution in [0.2, 0.25) is 0 Å². The minimum Gasteiger partial charge on any atom is -0.488 e. The lowest BCUT2D eigenvalue weighted by Gasteiger charge is -2.11. The Kier molecular flexibility index (Phi) is 3.31. The van der Waals surface area contributed by atoms with Gasteiger partial charge in [0.2, 0.25) is 0 Å². The van der Waals surface area contributed by atoms with E-state index in [2.05, 4.69) is 4.74 Å². The van der Waals surface area contributed by atoms with Crippen molar-refractivity contribution in [2.24, 2.45) is 0 Å². The molecule has 7 heteroatoms. The topological polar surface area (TPSA) is 87.9 Å². The molecule has 0 spiro atoms. The number of carbonyl (C=O) groups is 1. The predicted octanol–water partition coefficient (Wildman–Crippen LogP) is 1.24. The van der Waals surface area contributed by atoms with Crippen LogP contribution in [-0.4, -0.2) is 30.8 Å². The number of carbonyl (C=O) groups excluding carboxylic acids is 1. The maximum Gasteiger partial charge on any atom is 0.357 e. The van der Waals surface area contributed by atoms with Gasteiger partial charge in [0, 0.05) is 0 Å². The zero-order valence-corrected chi connectivity index (χ0v) is 9.62. The molecule has 0 fully saturated rings. The number of hydrogen-bond donors (Lipinski definition) is 0. The molecule has 96 valence electrons. The molecular formula is C11H11NO6. The van der Waals surface area contributed by atoms with Gasteiger partial charge in [0.15, 0.2) is 11.5 Å². The summed E-state index contributed by atoms with van der Waals surface area (Å²) in [4.78, 5) is 21.7. The Morgan fingerprint density at radius 2 is 2.33 bits per heavy atom. The van der Waals surface area contributed by atoms with Crippen molar-refractivity contribution in [1.82, 2.24) is 0 Å². The van der Waals surface area contributed by atoms with Gasteiger partial charge in [-0.1, -0.05) is 6.07 Å². The van der Waals surface area contributed by atoms with Gasteiger partial charge in [-0.3, -0.25) is 10.1 Å². The molecule has 1 aromatic carbocycles. The molecule has 2 rings (SSSR count). The highest BCUT2D eigenvalue weighted by atomic mass is 16.7. The molecule has 1 heterocycles. The quantitative estimate of drug-likeness (QED) is 0.447. The minimum atomic E-state index is -1.17. The normalized spacial score (nSPS) is 17.7. The van der Waals surface area contributed by atoms with E-state index in [4.69, 9.17) is 9.47 Å². The van der Waals surface area contributed by atoms with Gasteiger partial charge in [0.25, 0.3) is 0 Å². The fourth-order valence-corrected chi connectivity index (χ4v) is 1.64. The van der Waals surface area contributed by atoms with Crippen molar-refractivity contribution in [2.75, 3.05) is 13.7 Å². The summed E-state index contributed by atoms with van der Waals surface area (Å²) in [7, 11) is 1.25. The molecule has 0 aromatic heterocycles. The minimum absolute atomic E-state index is 0.104. The average Bonchev–Trinajstić information content (AvgIpc) is 2.59. The maximum absolute atomic E-state index is 11.5. The van der Waals surface area contributed by atoms with Gasteiger partial charge in [0.05, 0.1) is 25.1 Å². The average molecular weight is 253 g/mol. The van der Waals surface area contributed by atoms with Crippen molar-refractivity contribution in [3.05, 3.63) is 33.9 Å². The SMILES string of the molecule is COC(=O)c1cccc2c1OCCC([N+](=O)[O-])O2. The van der Waals surface area contributed by atoms with E-state index in [1.54, 1.807) is 6.07 Å². The molecule has 0 radical (unpaired) electrons. The van der Waals surface area contributed by atoms with Gasteiger partial charge in [-0.15, -0.1) is 0 Å². The van der Waals surface area contributed by atoms with E-state index in [9.17, 15) is 14.9 Å². The highest BCUT2D eigenvalue weighted by molar-refractivity contribution is 5.93. The Balaban J connectivity index is 2.39. The largest absolute Gasteiger partial charge is 0.488 e. The molecule has 1 atom stereocenters. The lowest BCUT2D eigenvalue weighted by molar-refractivity contribution is -0.563. The maximum atomic E-state index is 11.5. The number of nitro groups is 1. The van der Waals surface area contributed by atoms with Gasteiger partial charge in [-0.25, -0.2) is 4.79 Å². The fourth-order valence-electron chi connectivity index (χ4n) is 1.64. The summed E-state index contributed by atoms with van der Waals surface area (Å²) in [5.74, 6) is -0.208. The summed E-state index contributed by atoms with van der Waals surface area (Å²) in [6.07, 6.45) is -1.05. The van der Waals surface area contributed by atoms with Crippen LogP contribution in [0, 0.1) is 10.1 Å². The number of ether oxygens (including phenoxy) is 3. The molecule has 0 saturated heterocycles. The Morgan fingerprint density at radius 3 is 3.00 bits per heavy atom. The van der Waals surface area contributed by atoms with E-state index in [1.165, 1.54) is 19.2 Å². The fraction of sp³-hybridized carbons (Fsp3) is 0.364. The Morgan fingerprint density at radius 1 is 1.56 bits per heavy atom. The van der Waals surface area contributed by atoms with Gasteiger partial charge in [-0.2, -0.15) is 0 Å². The highest BCUT2D eigenvalue weighted by Gasteiger charge is 2.29. The van der Waals surface area contributed by atoms with Crippen molar-refractivity contribution in [1.29, 1.82) is 0 Å². The van der Waals surface area contributed by atoms with Crippen LogP contribution < -0.4 is 9.47 Å². The lowest BCUT2D eigenvalue weighted by atomic mass is 10.2. The number of nitrogens with zero attached hydrogens (tertiary/aromatic N) is 1. The van der Waals surface area contributed by atoms with Crippen LogP contribution in [0.15, 0.2) is 18.2 Å². The van der Waals surface area contributed by atoms with Crippen molar-refractivity contribution in [3.8, 4) is 11.5 Å². The smallest absolute Gasteiger partial charge is 0.357 e. The molecule has 7 nitrogen and oxygen atoms in total. The van der Waals surface area contributed by atoms with Gasteiger partial charge in [-0.05, 0) is 12.1 Å². The zero-order valence-electron chi connectivity index (χ0n) is 9.62. The number of rotatable bonds is 2. The van der Waals surface area contributed by atoms with Crippen molar-refractivity contribution in [3.63, 3.8) is 0 Å². The lowest BCUT2D eigenvalue weighted by Crippen LogP contribution is -2.26. The first-order valence-electron chi connectivity index (χ1n) is 5.27. The third-order valence-electron chi connectivity index (χ3n) is 2.49. The van der Waals surface area contributed by atoms with Gasteiger partial charge >= 0.3 is 12.2 Å². The second-order valence-electron chi connectivity index (χ2n) is 3.62. The molecule has 1 aliphatic heterocycles. The van der Waals surface area contributed by atoms with Crippen molar-refractivity contribution in [2.45, 2.75) is 12.6 Å². The number of methoxy groups -OCH3 is 1. The highest BCUT2D eigenvalue weighted by Crippen LogP contribution is 2.34. The first-order valence-corrected chi connectivity index (χ1v) is 5.27. The molecule has 1 unspecified atom stereocenters. The molecule has 0 N–H and O–H groups in total. The van der Waals surface area contributed by atoms with E-state index < -0.39 is 17.1 Å². The van der Waals surface area contributed by atoms with Crippen LogP contribution in [0.5, 0.6) is 11.5 Å². The van der Waals surface area contributed by atoms with E-state index in [1.807, 2.05) is 0 Å². The Hall–Kier alpha value is -2.31. The summed E-state index contributed by atoms with van der Waals surface area (Å²) < 4.78 is 15.2. The molecule has 1 aliphatic rings. The van der Waals surface area contributed by atoms with E-state index in [0.29, 0.717) is 0 Å². The molecule has 0 bridgehead atoms. The van der Waals surface area contributed by atoms with E-state index in [0.717, 1.165) is 0 Å². The summed E-state index contributed by atoms with van der Waals surface area (Å²) in [6.45, 7) is 0.104. The number of para-hydroxylation sites is 1. The predicted molar refractivity (Wildman–Crippen MR) is 59.3 cm³/mol. The molecule has 0 aliphatic carbocycles. The second kappa shape index (κ2) is 4.91. The summed E-state index contributed by atoms with van der Waals surface area (Å²) >= 11 is 0. The molecular weight excluding hydrogens is 242 g/mol. The van der Waals surface area contributed by atoms with E-state index >= 15 is 0 Å². The van der Waals surface area contributed by atoms with Crippen LogP contribution >= 0.6 is 0 Å². The summed E-state index contributed by atoms with van der Waals surface area (Å²) in [5.41, 5.74) is 0.194. The van der Waals surface area contributed by atoms with Crippen LogP contribution in [0.4, 0.5) is 0 Å². The number of esters is 1. The van der Waals surface area contributed by atoms with E-state index in [-0.39, 0.29) is 30.1 Å². The first-order chi connectivity index (χ1) is 8.63. The standard InChI is InChI=1S/C11H11NO6/c1-16-11(13)7-3-2-4-8-10(7)17-6-5-9(18-8)12(14)15/h2-4,9H,5-6H2,1H3. The van der Waals surface area contributed by atoms with Gasteiger partial charge < -0.3 is 14.2 Å². The molecule has 18 heavy (non-hydrogen) atoms. The van der Waals surface area contributed by atoms with Gasteiger partial charge in [0.1, 0.15) is 5.56 Å². The van der Waals surface area contributed by atoms with Crippen molar-refractivity contribution < 1.29 is 23.9 Å². The molecule has 0 amide bonds. The first kappa shape index (κ1) is 12.2. The third-order valence-corrected chi connectivity index (χ3v) is 2.49. The number of benzene rings is 1. The number of fused-ring (bicyclic) bond motifs is 1. The summed E-state index contributed by atoms with van der Waals surface area (Å²) in [6, 6.07) is 4.58. The Labute approximate surface area is 102 Å². The molecule has 1 aromatic rings. The summed E-state index contributed by atoms with van der Waals surface area (Å²) in [5, 5.41) is 10.7. The monoisotopic (exact) mass is 253 g/mol. The second-order valence-corrected chi connectivity index (χ2v) is 3.62. The number of hydrogen-bond acceptors (Lipinski definition) is 6. The molecule has 0 saturated carbocycles.